The predicted octanol–water partition coefficient (Wildman–Crippen LogP) is 8.67. The summed E-state index contributed by atoms with van der Waals surface area (Å²) in [5.74, 6) is 0.127. The fourth-order valence-electron chi connectivity index (χ4n) is 6.32. The van der Waals surface area contributed by atoms with Crippen molar-refractivity contribution in [1.82, 2.24) is 9.97 Å². The molecule has 1 aliphatic heterocycles. The molecule has 0 amide bonds. The molecule has 240 valence electrons. The Bertz CT molecular complexity index is 1610. The molecule has 5 rings (SSSR count). The van der Waals surface area contributed by atoms with E-state index in [1.807, 2.05) is 6.07 Å². The van der Waals surface area contributed by atoms with Crippen LogP contribution in [0.2, 0.25) is 0 Å². The van der Waals surface area contributed by atoms with Gasteiger partial charge in [0.1, 0.15) is 22.8 Å². The van der Waals surface area contributed by atoms with E-state index in [1.54, 1.807) is 12.3 Å². The second-order valence-corrected chi connectivity index (χ2v) is 12.7. The number of alkyl halides is 3. The van der Waals surface area contributed by atoms with Crippen LogP contribution in [0.25, 0.3) is 22.3 Å². The maximum atomic E-state index is 15.1. The van der Waals surface area contributed by atoms with Crippen LogP contribution >= 0.6 is 0 Å². The first-order valence-electron chi connectivity index (χ1n) is 15.6. The highest BCUT2D eigenvalue weighted by atomic mass is 19.4. The number of Topliss-reactive ketones (excluding diaryl/α,β-unsaturated/α-hetero) is 1. The standard InChI is InChI=1S/C36H40F4N2O3/c1-22(15-34(44-4)35(11-12-35)36(38,39)40)14-29(43)17-27-8-9-28(18-30(27)37)33-20-41-31-19-26(23(2)16-32(31)42-33)7-5-6-25-10-13-45-21-24(25)3/h8-9,15-16,18-20,24-25H,1,5-7,10-14,17,21H2,2-4H3/b34-15-/t24-,25?/m0/s1. The van der Waals surface area contributed by atoms with Crippen LogP contribution < -0.4 is 0 Å². The van der Waals surface area contributed by atoms with E-state index in [2.05, 4.69) is 31.5 Å². The van der Waals surface area contributed by atoms with E-state index in [-0.39, 0.29) is 48.4 Å². The molecule has 2 atom stereocenters. The third kappa shape index (κ3) is 7.46. The van der Waals surface area contributed by atoms with Gasteiger partial charge in [-0.2, -0.15) is 13.2 Å². The smallest absolute Gasteiger partial charge is 0.401 e. The van der Waals surface area contributed by atoms with Crippen LogP contribution in [-0.4, -0.2) is 42.3 Å². The Kier molecular flexibility index (Phi) is 9.77. The highest BCUT2D eigenvalue weighted by Crippen LogP contribution is 2.62. The van der Waals surface area contributed by atoms with Gasteiger partial charge in [0.2, 0.25) is 0 Å². The molecule has 2 heterocycles. The first kappa shape index (κ1) is 32.8. The number of rotatable bonds is 12. The first-order chi connectivity index (χ1) is 21.4. The minimum Gasteiger partial charge on any atom is -0.500 e. The van der Waals surface area contributed by atoms with Gasteiger partial charge in [-0.1, -0.05) is 25.6 Å². The zero-order chi connectivity index (χ0) is 32.4. The Balaban J connectivity index is 1.21. The second kappa shape index (κ2) is 13.4. The molecular formula is C36H40F4N2O3. The average molecular weight is 625 g/mol. The van der Waals surface area contributed by atoms with Gasteiger partial charge in [-0.25, -0.2) is 9.37 Å². The molecule has 1 saturated carbocycles. The van der Waals surface area contributed by atoms with Crippen LogP contribution in [0, 0.1) is 30.0 Å². The number of carbonyl (C=O) groups excluding carboxylic acids is 1. The number of hydrogen-bond donors (Lipinski definition) is 0. The summed E-state index contributed by atoms with van der Waals surface area (Å²) in [4.78, 5) is 22.0. The van der Waals surface area contributed by atoms with Crippen LogP contribution in [0.5, 0.6) is 0 Å². The highest BCUT2D eigenvalue weighted by molar-refractivity contribution is 5.84. The van der Waals surface area contributed by atoms with Crippen molar-refractivity contribution in [2.45, 2.75) is 71.4 Å². The predicted molar refractivity (Wildman–Crippen MR) is 166 cm³/mol. The Labute approximate surface area is 261 Å². The lowest BCUT2D eigenvalue weighted by atomic mass is 9.85. The van der Waals surface area contributed by atoms with Gasteiger partial charge < -0.3 is 9.47 Å². The average Bonchev–Trinajstić information content (AvgIpc) is 3.80. The van der Waals surface area contributed by atoms with Gasteiger partial charge in [0.05, 0.1) is 30.0 Å². The van der Waals surface area contributed by atoms with Crippen molar-refractivity contribution >= 4 is 16.8 Å². The number of ketones is 1. The van der Waals surface area contributed by atoms with E-state index in [0.29, 0.717) is 23.1 Å². The molecule has 0 N–H and O–H groups in total. The molecule has 2 aromatic carbocycles. The van der Waals surface area contributed by atoms with Gasteiger partial charge in [0.25, 0.3) is 0 Å². The lowest BCUT2D eigenvalue weighted by Crippen LogP contribution is -2.27. The number of ether oxygens (including phenoxy) is 2. The molecule has 0 bridgehead atoms. The number of fused-ring (bicyclic) bond motifs is 1. The minimum absolute atomic E-state index is 0.0618. The maximum absolute atomic E-state index is 15.1. The summed E-state index contributed by atoms with van der Waals surface area (Å²) in [5, 5.41) is 0. The zero-order valence-corrected chi connectivity index (χ0v) is 26.1. The van der Waals surface area contributed by atoms with Crippen LogP contribution in [-0.2, 0) is 27.1 Å². The lowest BCUT2D eigenvalue weighted by Gasteiger charge is -2.28. The van der Waals surface area contributed by atoms with Crippen molar-refractivity contribution in [2.75, 3.05) is 20.3 Å². The van der Waals surface area contributed by atoms with Crippen molar-refractivity contribution in [3.63, 3.8) is 0 Å². The fourth-order valence-corrected chi connectivity index (χ4v) is 6.32. The number of benzene rings is 2. The van der Waals surface area contributed by atoms with E-state index in [4.69, 9.17) is 14.5 Å². The number of halogens is 4. The molecule has 2 fully saturated rings. The Hall–Kier alpha value is -3.59. The third-order valence-electron chi connectivity index (χ3n) is 9.32. The summed E-state index contributed by atoms with van der Waals surface area (Å²) in [6.45, 7) is 9.79. The van der Waals surface area contributed by atoms with E-state index in [0.717, 1.165) is 49.1 Å². The Morgan fingerprint density at radius 3 is 2.62 bits per heavy atom. The monoisotopic (exact) mass is 624 g/mol. The van der Waals surface area contributed by atoms with Crippen molar-refractivity contribution in [3.05, 3.63) is 83.0 Å². The molecule has 1 unspecified atom stereocenters. The molecule has 0 radical (unpaired) electrons. The summed E-state index contributed by atoms with van der Waals surface area (Å²) in [7, 11) is 1.18. The van der Waals surface area contributed by atoms with Crippen molar-refractivity contribution in [3.8, 4) is 11.3 Å². The summed E-state index contributed by atoms with van der Waals surface area (Å²) >= 11 is 0. The summed E-state index contributed by atoms with van der Waals surface area (Å²) in [6, 6.07) is 8.67. The van der Waals surface area contributed by atoms with E-state index < -0.39 is 17.4 Å². The summed E-state index contributed by atoms with van der Waals surface area (Å²) < 4.78 is 66.1. The van der Waals surface area contributed by atoms with Gasteiger partial charge in [-0.15, -0.1) is 0 Å². The van der Waals surface area contributed by atoms with Gasteiger partial charge in [0.15, 0.2) is 0 Å². The number of hydrogen-bond acceptors (Lipinski definition) is 5. The molecule has 5 nitrogen and oxygen atoms in total. The van der Waals surface area contributed by atoms with Gasteiger partial charge in [-0.05, 0) is 104 Å². The number of nitrogens with zero attached hydrogens (tertiary/aromatic N) is 2. The number of aromatic nitrogens is 2. The molecule has 1 aromatic heterocycles. The number of methoxy groups -OCH3 is 1. The Morgan fingerprint density at radius 2 is 1.96 bits per heavy atom. The molecular weight excluding hydrogens is 584 g/mol. The maximum Gasteiger partial charge on any atom is 0.401 e. The van der Waals surface area contributed by atoms with Crippen molar-refractivity contribution in [1.29, 1.82) is 0 Å². The van der Waals surface area contributed by atoms with Gasteiger partial charge >= 0.3 is 6.18 Å². The normalized spacial score (nSPS) is 19.8. The molecule has 1 aliphatic carbocycles. The topological polar surface area (TPSA) is 61.3 Å². The third-order valence-corrected chi connectivity index (χ3v) is 9.32. The van der Waals surface area contributed by atoms with Crippen molar-refractivity contribution in [2.24, 2.45) is 17.3 Å². The molecule has 2 aliphatic rings. The molecule has 45 heavy (non-hydrogen) atoms. The quantitative estimate of drug-likeness (QED) is 0.115. The number of allylic oxidation sites excluding steroid dienone is 3. The van der Waals surface area contributed by atoms with Crippen LogP contribution in [0.1, 0.15) is 62.1 Å². The SMILES string of the molecule is C=C(/C=C(\OC)C1(C(F)(F)F)CC1)CC(=O)Cc1ccc(-c2cnc3cc(CCCC4CCOC[C@@H]4C)c(C)cc3n2)cc1F. The Morgan fingerprint density at radius 1 is 1.18 bits per heavy atom. The van der Waals surface area contributed by atoms with Gasteiger partial charge in [-0.3, -0.25) is 9.78 Å². The molecule has 3 aromatic rings. The van der Waals surface area contributed by atoms with Gasteiger partial charge in [0, 0.05) is 31.6 Å². The van der Waals surface area contributed by atoms with E-state index >= 15 is 4.39 Å². The lowest BCUT2D eigenvalue weighted by molar-refractivity contribution is -0.184. The molecule has 0 spiro atoms. The van der Waals surface area contributed by atoms with Crippen LogP contribution in [0.15, 0.2) is 60.5 Å². The second-order valence-electron chi connectivity index (χ2n) is 12.7. The van der Waals surface area contributed by atoms with Crippen LogP contribution in [0.4, 0.5) is 17.6 Å². The van der Waals surface area contributed by atoms with Crippen LogP contribution in [0.3, 0.4) is 0 Å². The number of aryl methyl sites for hydroxylation is 2. The van der Waals surface area contributed by atoms with E-state index in [9.17, 15) is 18.0 Å². The first-order valence-corrected chi connectivity index (χ1v) is 15.6. The zero-order valence-electron chi connectivity index (χ0n) is 26.1. The van der Waals surface area contributed by atoms with E-state index in [1.165, 1.54) is 37.3 Å². The largest absolute Gasteiger partial charge is 0.500 e. The summed E-state index contributed by atoms with van der Waals surface area (Å²) in [6.07, 6.45) is 2.22. The van der Waals surface area contributed by atoms with Crippen molar-refractivity contribution < 1.29 is 31.8 Å². The molecule has 1 saturated heterocycles. The highest BCUT2D eigenvalue weighted by Gasteiger charge is 2.66. The number of carbonyl (C=O) groups is 1. The molecule has 9 heteroatoms. The minimum atomic E-state index is -4.44. The fraction of sp³-hybridized carbons (Fsp3) is 0.472. The summed E-state index contributed by atoms with van der Waals surface area (Å²) in [5.41, 5.74) is 3.33.